The number of aromatic nitrogens is 4. The zero-order chi connectivity index (χ0) is 72.9. The second-order valence-corrected chi connectivity index (χ2v) is 28.5. The minimum Gasteiger partial charge on any atom is -0.317 e. The first-order valence-corrected chi connectivity index (χ1v) is 37.3. The third-order valence-corrected chi connectivity index (χ3v) is 22.4. The van der Waals surface area contributed by atoms with Crippen LogP contribution in [0.1, 0.15) is 5.56 Å². The molecule has 110 heavy (non-hydrogen) atoms. The third kappa shape index (κ3) is 10.2. The minimum atomic E-state index is 0.346. The maximum atomic E-state index is 13.7. The first kappa shape index (κ1) is 63.4. The van der Waals surface area contributed by atoms with Gasteiger partial charge in [-0.1, -0.05) is 291 Å². The topological polar surface area (TPSA) is 47.9 Å². The molecule has 0 radical (unpaired) electrons. The van der Waals surface area contributed by atoms with Gasteiger partial charge < -0.3 is 18.3 Å². The average Bonchev–Trinajstić information content (AvgIpc) is 1.48. The highest BCUT2D eigenvalue weighted by Crippen LogP contribution is 2.54. The van der Waals surface area contributed by atoms with Crippen LogP contribution in [0.5, 0.6) is 0 Å². The summed E-state index contributed by atoms with van der Waals surface area (Å²) in [5, 5.41) is 21.7. The zero-order valence-electron chi connectivity index (χ0n) is 59.6. The lowest BCUT2D eigenvalue weighted by atomic mass is 10.0. The first-order chi connectivity index (χ1) is 54.5. The highest BCUT2D eigenvalue weighted by molar-refractivity contribution is 6.19. The molecule has 510 valence electrons. The fourth-order valence-corrected chi connectivity index (χ4v) is 17.3. The van der Waals surface area contributed by atoms with Gasteiger partial charge in [-0.15, -0.1) is 0 Å². The second-order valence-electron chi connectivity index (χ2n) is 28.5. The van der Waals surface area contributed by atoms with E-state index in [0.717, 1.165) is 176 Å². The largest absolute Gasteiger partial charge is 0.317 e. The van der Waals surface area contributed by atoms with Crippen LogP contribution in [0.25, 0.3) is 204 Å². The van der Waals surface area contributed by atoms with Crippen molar-refractivity contribution < 1.29 is 0 Å². The van der Waals surface area contributed by atoms with Gasteiger partial charge in [0, 0.05) is 43.1 Å². The van der Waals surface area contributed by atoms with Crippen molar-refractivity contribution >= 4 is 92.9 Å². The van der Waals surface area contributed by atoms with Gasteiger partial charge in [-0.3, -0.25) is 0 Å². The van der Waals surface area contributed by atoms with E-state index in [-0.39, 0.29) is 0 Å². The van der Waals surface area contributed by atoms with E-state index in [9.17, 15) is 11.8 Å². The molecule has 17 aromatic carbocycles. The quantitative estimate of drug-likeness (QED) is 0.112. The van der Waals surface area contributed by atoms with Crippen LogP contribution in [-0.4, -0.2) is 18.3 Å². The van der Waals surface area contributed by atoms with Gasteiger partial charge in [-0.05, 0) is 186 Å². The van der Waals surface area contributed by atoms with Gasteiger partial charge in [-0.25, -0.2) is 4.85 Å². The fourth-order valence-electron chi connectivity index (χ4n) is 17.3. The summed E-state index contributed by atoms with van der Waals surface area (Å²) in [5.74, 6) is 0. The minimum absolute atomic E-state index is 0.346. The van der Waals surface area contributed by atoms with Crippen LogP contribution in [0.2, 0.25) is 0 Å². The Labute approximate surface area is 635 Å². The molecular formula is C104H64N6. The Morgan fingerprint density at radius 1 is 0.191 bits per heavy atom. The molecule has 4 aromatic heterocycles. The van der Waals surface area contributed by atoms with E-state index in [0.29, 0.717) is 34.0 Å². The molecule has 0 saturated heterocycles. The predicted octanol–water partition coefficient (Wildman–Crippen LogP) is 27.8. The van der Waals surface area contributed by atoms with E-state index >= 15 is 0 Å². The molecule has 0 amide bonds. The first-order valence-electron chi connectivity index (χ1n) is 37.3. The summed E-state index contributed by atoms with van der Waals surface area (Å²) >= 11 is 0. The van der Waals surface area contributed by atoms with Crippen LogP contribution in [0, 0.1) is 17.9 Å². The van der Waals surface area contributed by atoms with Gasteiger partial charge in [0.2, 0.25) is 5.69 Å². The van der Waals surface area contributed by atoms with Crippen molar-refractivity contribution in [1.82, 2.24) is 18.3 Å². The maximum Gasteiger partial charge on any atom is 0.238 e. The van der Waals surface area contributed by atoms with E-state index in [1.54, 1.807) is 0 Å². The lowest BCUT2D eigenvalue weighted by molar-refractivity contribution is 1.04. The molecule has 21 rings (SSSR count). The van der Waals surface area contributed by atoms with Crippen LogP contribution in [0.15, 0.2) is 388 Å². The Balaban J connectivity index is 1.00. The van der Waals surface area contributed by atoms with Gasteiger partial charge in [0.1, 0.15) is 11.6 Å². The number of hydrogen-bond acceptors (Lipinski definition) is 1. The number of nitriles is 1. The van der Waals surface area contributed by atoms with Crippen LogP contribution in [0.4, 0.5) is 5.69 Å². The average molecular weight is 1400 g/mol. The molecule has 0 aliphatic carbocycles. The number of nitrogens with zero attached hydrogens (tertiary/aromatic N) is 6. The van der Waals surface area contributed by atoms with Crippen molar-refractivity contribution in [3.05, 3.63) is 405 Å². The van der Waals surface area contributed by atoms with E-state index in [2.05, 4.69) is 413 Å². The van der Waals surface area contributed by atoms with Crippen molar-refractivity contribution in [3.63, 3.8) is 0 Å². The van der Waals surface area contributed by atoms with Crippen LogP contribution < -0.4 is 0 Å². The molecule has 0 atom stereocenters. The van der Waals surface area contributed by atoms with Crippen molar-refractivity contribution in [3.8, 4) is 118 Å². The molecule has 6 heteroatoms. The monoisotopic (exact) mass is 1400 g/mol. The van der Waals surface area contributed by atoms with E-state index in [1.807, 2.05) is 0 Å². The van der Waals surface area contributed by atoms with Crippen LogP contribution >= 0.6 is 0 Å². The highest BCUT2D eigenvalue weighted by atomic mass is 15.1. The van der Waals surface area contributed by atoms with Crippen LogP contribution in [0.3, 0.4) is 0 Å². The van der Waals surface area contributed by atoms with Gasteiger partial charge in [0.15, 0.2) is 0 Å². The van der Waals surface area contributed by atoms with Gasteiger partial charge in [-0.2, -0.15) is 5.26 Å². The molecule has 0 bridgehead atoms. The number of fused-ring (bicyclic) bond motifs is 12. The molecular weight excluding hydrogens is 1330 g/mol. The Bertz CT molecular complexity index is 6090. The number of benzene rings is 17. The van der Waals surface area contributed by atoms with Crippen molar-refractivity contribution in [2.24, 2.45) is 0 Å². The predicted molar refractivity (Wildman–Crippen MR) is 458 cm³/mol. The lowest BCUT2D eigenvalue weighted by Crippen LogP contribution is -2.14. The molecule has 0 N–H and O–H groups in total. The molecule has 21 aromatic rings. The van der Waals surface area contributed by atoms with Gasteiger partial charge in [0.05, 0.1) is 73.5 Å². The molecule has 0 unspecified atom stereocenters. The second kappa shape index (κ2) is 25.9. The zero-order valence-corrected chi connectivity index (χ0v) is 59.6. The van der Waals surface area contributed by atoms with E-state index in [4.69, 9.17) is 4.85 Å². The maximum absolute atomic E-state index is 13.7. The number of hydrogen-bond donors (Lipinski definition) is 0. The van der Waals surface area contributed by atoms with E-state index < -0.39 is 0 Å². The molecule has 6 nitrogen and oxygen atoms in total. The summed E-state index contributed by atoms with van der Waals surface area (Å²) in [6.45, 7) is 10.7. The molecule has 0 aliphatic rings. The van der Waals surface area contributed by atoms with Crippen molar-refractivity contribution in [2.75, 3.05) is 0 Å². The molecule has 0 fully saturated rings. The molecule has 0 aliphatic heterocycles. The van der Waals surface area contributed by atoms with Gasteiger partial charge >= 0.3 is 0 Å². The summed E-state index contributed by atoms with van der Waals surface area (Å²) < 4.78 is 9.33. The van der Waals surface area contributed by atoms with E-state index in [1.165, 1.54) is 0 Å². The van der Waals surface area contributed by atoms with Crippen LogP contribution in [-0.2, 0) is 0 Å². The SMILES string of the molecule is [C-]#[N+]c1c(-n2c3ccc(-c4ccccc4)cc3c3cc(-c4ccccc4)ccc32)c(-n2c3ccc(-c4ccccc4)cc3c3cc(-c4ccccc4)ccc32)c(C#N)c(-n2c3ccc(-c4ccccc4)cc3c3cc(-c4ccccc4)ccc32)c1-n1c2ccc(-c3ccccc3)cc2c2cc(-c3ccccc3)ccc21. The summed E-state index contributed by atoms with van der Waals surface area (Å²) in [6.07, 6.45) is 0. The highest BCUT2D eigenvalue weighted by Gasteiger charge is 2.36. The normalized spacial score (nSPS) is 11.6. The summed E-state index contributed by atoms with van der Waals surface area (Å²) in [4.78, 5) is 5.19. The summed E-state index contributed by atoms with van der Waals surface area (Å²) in [5.41, 5.74) is 27.0. The molecule has 0 saturated carbocycles. The Morgan fingerprint density at radius 2 is 0.345 bits per heavy atom. The summed E-state index contributed by atoms with van der Waals surface area (Å²) in [6, 6.07) is 142. The lowest BCUT2D eigenvalue weighted by Gasteiger charge is -2.27. The fraction of sp³-hybridized carbons (Fsp3) is 0. The Morgan fingerprint density at radius 3 is 0.491 bits per heavy atom. The third-order valence-electron chi connectivity index (χ3n) is 22.4. The van der Waals surface area contributed by atoms with Crippen molar-refractivity contribution in [1.29, 1.82) is 5.26 Å². The standard InChI is InChI=1S/C104H64N6/c1-106-100-103(109-96-54-46-79(71-34-18-6-19-35-71)62-87(96)88-63-80(47-55-97(88)109)72-36-20-7-21-37-72)101(107-92-50-42-75(67-26-10-2-11-27-67)58-83(92)84-59-76(43-51-93(84)107)68-28-12-3-13-29-68)91(66-105)102(108-94-52-44-77(69-30-14-4-15-31-69)60-85(94)86-61-78(45-53-95(86)108)70-32-16-5-17-33-70)104(100)110-98-56-48-81(73-38-22-8-23-39-73)64-89(98)90-65-82(49-57-99(90)110)74-40-24-9-25-41-74/h2-65H. The Kier molecular flexibility index (Phi) is 14.9. The van der Waals surface area contributed by atoms with Gasteiger partial charge in [0.25, 0.3) is 0 Å². The molecule has 0 spiro atoms. The smallest absolute Gasteiger partial charge is 0.238 e. The summed E-state index contributed by atoms with van der Waals surface area (Å²) in [7, 11) is 0. The Hall–Kier alpha value is -15.1. The van der Waals surface area contributed by atoms with Crippen molar-refractivity contribution in [2.45, 2.75) is 0 Å². The number of rotatable bonds is 12. The molecule has 4 heterocycles.